The van der Waals surface area contributed by atoms with Gasteiger partial charge in [0.15, 0.2) is 11.4 Å². The number of ether oxygens (including phenoxy) is 1. The molecule has 0 radical (unpaired) electrons. The monoisotopic (exact) mass is 160 g/mol. The summed E-state index contributed by atoms with van der Waals surface area (Å²) in [5, 5.41) is 0. The van der Waals surface area contributed by atoms with Crippen LogP contribution in [0.4, 0.5) is 0 Å². The topological polar surface area (TPSA) is 29.6 Å². The van der Waals surface area contributed by atoms with E-state index in [0.717, 1.165) is 17.5 Å². The third kappa shape index (κ3) is 0.612. The summed E-state index contributed by atoms with van der Waals surface area (Å²) < 4.78 is 5.20. The van der Waals surface area contributed by atoms with Gasteiger partial charge >= 0.3 is 0 Å². The molecule has 1 aromatic rings. The number of carbonyl (C=O) groups excluding carboxylic acids is 1. The van der Waals surface area contributed by atoms with E-state index in [1.165, 1.54) is 0 Å². The molecule has 2 aliphatic rings. The highest BCUT2D eigenvalue weighted by molar-refractivity contribution is 6.08. The van der Waals surface area contributed by atoms with Crippen LogP contribution < -0.4 is 0 Å². The van der Waals surface area contributed by atoms with Crippen LogP contribution in [0.2, 0.25) is 0 Å². The summed E-state index contributed by atoms with van der Waals surface area (Å²) in [5.41, 5.74) is 1.57. The molecule has 1 saturated heterocycles. The maximum atomic E-state index is 11.7. The van der Waals surface area contributed by atoms with E-state index in [1.807, 2.05) is 24.3 Å². The predicted octanol–water partition coefficient (Wildman–Crippen LogP) is 1.19. The van der Waals surface area contributed by atoms with E-state index in [2.05, 4.69) is 0 Å². The van der Waals surface area contributed by atoms with Crippen LogP contribution in [0, 0.1) is 0 Å². The SMILES string of the molecule is O=C1c2ccccc2CC12CO2. The standard InChI is InChI=1S/C10H8O2/c11-9-8-4-2-1-3-7(8)5-10(9)6-12-10/h1-4H,5-6H2. The lowest BCUT2D eigenvalue weighted by molar-refractivity contribution is 0.0894. The van der Waals surface area contributed by atoms with Gasteiger partial charge in [-0.25, -0.2) is 0 Å². The van der Waals surface area contributed by atoms with Gasteiger partial charge in [0.05, 0.1) is 6.61 Å². The van der Waals surface area contributed by atoms with Crippen LogP contribution in [0.1, 0.15) is 15.9 Å². The Balaban J connectivity index is 2.19. The first-order chi connectivity index (χ1) is 5.82. The molecule has 1 atom stereocenters. The van der Waals surface area contributed by atoms with Gasteiger partial charge in [0.2, 0.25) is 0 Å². The number of rotatable bonds is 0. The Bertz CT molecular complexity index is 364. The van der Waals surface area contributed by atoms with Crippen LogP contribution in [-0.4, -0.2) is 18.0 Å². The normalized spacial score (nSPS) is 30.8. The highest BCUT2D eigenvalue weighted by Crippen LogP contribution is 2.41. The van der Waals surface area contributed by atoms with Crippen LogP contribution in [-0.2, 0) is 11.2 Å². The van der Waals surface area contributed by atoms with Crippen LogP contribution in [0.15, 0.2) is 24.3 Å². The molecule has 12 heavy (non-hydrogen) atoms. The highest BCUT2D eigenvalue weighted by atomic mass is 16.6. The number of carbonyl (C=O) groups is 1. The molecule has 0 N–H and O–H groups in total. The van der Waals surface area contributed by atoms with E-state index >= 15 is 0 Å². The van der Waals surface area contributed by atoms with E-state index in [9.17, 15) is 4.79 Å². The van der Waals surface area contributed by atoms with Crippen molar-refractivity contribution < 1.29 is 9.53 Å². The Morgan fingerprint density at radius 2 is 2.08 bits per heavy atom. The quantitative estimate of drug-likeness (QED) is 0.533. The van der Waals surface area contributed by atoms with Crippen LogP contribution in [0.25, 0.3) is 0 Å². The van der Waals surface area contributed by atoms with Crippen molar-refractivity contribution in [1.82, 2.24) is 0 Å². The summed E-state index contributed by atoms with van der Waals surface area (Å²) in [4.78, 5) is 11.7. The fourth-order valence-corrected chi connectivity index (χ4v) is 1.85. The van der Waals surface area contributed by atoms with Crippen molar-refractivity contribution in [2.75, 3.05) is 6.61 Å². The fraction of sp³-hybridized carbons (Fsp3) is 0.300. The van der Waals surface area contributed by atoms with E-state index < -0.39 is 5.60 Å². The first-order valence-corrected chi connectivity index (χ1v) is 4.08. The highest BCUT2D eigenvalue weighted by Gasteiger charge is 2.56. The second-order valence-corrected chi connectivity index (χ2v) is 3.45. The summed E-state index contributed by atoms with van der Waals surface area (Å²) in [6.45, 7) is 0.612. The van der Waals surface area contributed by atoms with Crippen LogP contribution in [0.5, 0.6) is 0 Å². The van der Waals surface area contributed by atoms with Gasteiger partial charge in [-0.3, -0.25) is 4.79 Å². The van der Waals surface area contributed by atoms with Gasteiger partial charge < -0.3 is 4.74 Å². The second kappa shape index (κ2) is 1.77. The first kappa shape index (κ1) is 6.38. The molecule has 0 aromatic heterocycles. The average molecular weight is 160 g/mol. The molecule has 3 rings (SSSR count). The molecule has 0 bridgehead atoms. The van der Waals surface area contributed by atoms with Crippen molar-refractivity contribution in [1.29, 1.82) is 0 Å². The zero-order chi connectivity index (χ0) is 8.18. The molecule has 1 heterocycles. The second-order valence-electron chi connectivity index (χ2n) is 3.45. The van der Waals surface area contributed by atoms with Gasteiger partial charge in [-0.05, 0) is 5.56 Å². The maximum Gasteiger partial charge on any atom is 0.197 e. The Hall–Kier alpha value is -1.15. The van der Waals surface area contributed by atoms with E-state index in [-0.39, 0.29) is 5.78 Å². The molecule has 1 unspecified atom stereocenters. The lowest BCUT2D eigenvalue weighted by Crippen LogP contribution is -2.18. The fourth-order valence-electron chi connectivity index (χ4n) is 1.85. The zero-order valence-corrected chi connectivity index (χ0v) is 6.54. The number of benzene rings is 1. The molecule has 60 valence electrons. The predicted molar refractivity (Wildman–Crippen MR) is 43.2 cm³/mol. The third-order valence-electron chi connectivity index (χ3n) is 2.64. The van der Waals surface area contributed by atoms with Gasteiger partial charge in [-0.15, -0.1) is 0 Å². The molecular weight excluding hydrogens is 152 g/mol. The average Bonchev–Trinajstić information content (AvgIpc) is 2.79. The minimum absolute atomic E-state index is 0.179. The van der Waals surface area contributed by atoms with Crippen LogP contribution in [0.3, 0.4) is 0 Å². The first-order valence-electron chi connectivity index (χ1n) is 4.08. The minimum atomic E-state index is -0.427. The van der Waals surface area contributed by atoms with Gasteiger partial charge in [0.25, 0.3) is 0 Å². The number of hydrogen-bond acceptors (Lipinski definition) is 2. The van der Waals surface area contributed by atoms with Crippen molar-refractivity contribution in [2.24, 2.45) is 0 Å². The zero-order valence-electron chi connectivity index (χ0n) is 6.54. The van der Waals surface area contributed by atoms with Gasteiger partial charge in [0.1, 0.15) is 0 Å². The Labute approximate surface area is 70.2 Å². The third-order valence-corrected chi connectivity index (χ3v) is 2.64. The summed E-state index contributed by atoms with van der Waals surface area (Å²) >= 11 is 0. The summed E-state index contributed by atoms with van der Waals surface area (Å²) in [6.07, 6.45) is 0.780. The van der Waals surface area contributed by atoms with E-state index in [4.69, 9.17) is 4.74 Å². The number of hydrogen-bond donors (Lipinski definition) is 0. The van der Waals surface area contributed by atoms with E-state index in [0.29, 0.717) is 6.61 Å². The van der Waals surface area contributed by atoms with Gasteiger partial charge in [-0.1, -0.05) is 24.3 Å². The lowest BCUT2D eigenvalue weighted by atomic mass is 10.1. The molecule has 1 fully saturated rings. The van der Waals surface area contributed by atoms with Crippen molar-refractivity contribution in [3.05, 3.63) is 35.4 Å². The minimum Gasteiger partial charge on any atom is -0.361 e. The van der Waals surface area contributed by atoms with Crippen molar-refractivity contribution in [3.8, 4) is 0 Å². The molecule has 1 spiro atoms. The molecular formula is C10H8O2. The van der Waals surface area contributed by atoms with Crippen molar-refractivity contribution >= 4 is 5.78 Å². The Kier molecular flexibility index (Phi) is 0.943. The lowest BCUT2D eigenvalue weighted by Gasteiger charge is -1.94. The molecule has 1 aromatic carbocycles. The molecule has 1 aliphatic heterocycles. The molecule has 0 amide bonds. The summed E-state index contributed by atoms with van der Waals surface area (Å²) in [6, 6.07) is 7.75. The number of fused-ring (bicyclic) bond motifs is 1. The van der Waals surface area contributed by atoms with Gasteiger partial charge in [0, 0.05) is 12.0 Å². The van der Waals surface area contributed by atoms with Crippen molar-refractivity contribution in [3.63, 3.8) is 0 Å². The molecule has 2 nitrogen and oxygen atoms in total. The Morgan fingerprint density at radius 1 is 1.33 bits per heavy atom. The number of Topliss-reactive ketones (excluding diaryl/α,β-unsaturated/α-hetero) is 1. The van der Waals surface area contributed by atoms with Gasteiger partial charge in [-0.2, -0.15) is 0 Å². The number of ketones is 1. The van der Waals surface area contributed by atoms with Crippen LogP contribution >= 0.6 is 0 Å². The molecule has 1 aliphatic carbocycles. The molecule has 0 saturated carbocycles. The smallest absolute Gasteiger partial charge is 0.197 e. The van der Waals surface area contributed by atoms with Crippen molar-refractivity contribution in [2.45, 2.75) is 12.0 Å². The molecule has 2 heteroatoms. The summed E-state index contributed by atoms with van der Waals surface area (Å²) in [5.74, 6) is 0.179. The van der Waals surface area contributed by atoms with E-state index in [1.54, 1.807) is 0 Å². The summed E-state index contributed by atoms with van der Waals surface area (Å²) in [7, 11) is 0. The number of epoxide rings is 1. The largest absolute Gasteiger partial charge is 0.361 e. The maximum absolute atomic E-state index is 11.7. The Morgan fingerprint density at radius 3 is 2.75 bits per heavy atom.